The minimum Gasteiger partial charge on any atom is -0.385 e. The first-order valence-electron chi connectivity index (χ1n) is 6.23. The zero-order valence-corrected chi connectivity index (χ0v) is 11.8. The Hall–Kier alpha value is -1.07. The number of anilines is 1. The number of primary amides is 1. The summed E-state index contributed by atoms with van der Waals surface area (Å²) in [5.41, 5.74) is 6.77. The van der Waals surface area contributed by atoms with Gasteiger partial charge in [-0.2, -0.15) is 0 Å². The fourth-order valence-corrected chi connectivity index (χ4v) is 2.79. The van der Waals surface area contributed by atoms with Crippen LogP contribution in [0.1, 0.15) is 29.6 Å². The minimum atomic E-state index is -0.413. The molecule has 1 atom stereocenters. The van der Waals surface area contributed by atoms with Crippen molar-refractivity contribution in [2.45, 2.75) is 25.3 Å². The van der Waals surface area contributed by atoms with Crippen LogP contribution in [0, 0.1) is 0 Å². The Balaban J connectivity index is 1.85. The third-order valence-corrected chi connectivity index (χ3v) is 3.87. The Morgan fingerprint density at radius 1 is 1.56 bits per heavy atom. The molecular weight excluding hydrogens is 294 g/mol. The van der Waals surface area contributed by atoms with Crippen LogP contribution in [0.3, 0.4) is 0 Å². The van der Waals surface area contributed by atoms with Gasteiger partial charge in [-0.15, -0.1) is 0 Å². The van der Waals surface area contributed by atoms with Crippen LogP contribution < -0.4 is 16.4 Å². The molecule has 1 aliphatic rings. The van der Waals surface area contributed by atoms with E-state index in [0.717, 1.165) is 29.7 Å². The highest BCUT2D eigenvalue weighted by molar-refractivity contribution is 9.10. The highest BCUT2D eigenvalue weighted by Crippen LogP contribution is 2.21. The first kappa shape index (κ1) is 13.4. The lowest BCUT2D eigenvalue weighted by Crippen LogP contribution is -2.24. The van der Waals surface area contributed by atoms with Gasteiger partial charge in [0.2, 0.25) is 5.91 Å². The molecule has 4 nitrogen and oxygen atoms in total. The van der Waals surface area contributed by atoms with Crippen LogP contribution in [-0.2, 0) is 0 Å². The van der Waals surface area contributed by atoms with Gasteiger partial charge in [0.15, 0.2) is 0 Å². The van der Waals surface area contributed by atoms with Crippen molar-refractivity contribution in [2.75, 3.05) is 18.4 Å². The van der Waals surface area contributed by atoms with Crippen molar-refractivity contribution in [2.24, 2.45) is 5.73 Å². The first-order chi connectivity index (χ1) is 8.66. The SMILES string of the molecule is NC(=O)c1ccc(NCC[C@@H]2CCCN2)cc1Br. The fraction of sp³-hybridized carbons (Fsp3) is 0.462. The van der Waals surface area contributed by atoms with E-state index in [1.165, 1.54) is 12.8 Å². The number of nitrogens with one attached hydrogen (secondary N) is 2. The van der Waals surface area contributed by atoms with E-state index < -0.39 is 5.91 Å². The number of hydrogen-bond acceptors (Lipinski definition) is 3. The predicted octanol–water partition coefficient (Wildman–Crippen LogP) is 2.10. The highest BCUT2D eigenvalue weighted by atomic mass is 79.9. The molecule has 1 heterocycles. The average molecular weight is 312 g/mol. The van der Waals surface area contributed by atoms with Gasteiger partial charge in [0.25, 0.3) is 0 Å². The number of benzene rings is 1. The van der Waals surface area contributed by atoms with Gasteiger partial charge >= 0.3 is 0 Å². The van der Waals surface area contributed by atoms with Crippen molar-refractivity contribution in [3.05, 3.63) is 28.2 Å². The number of nitrogens with two attached hydrogens (primary N) is 1. The normalized spacial score (nSPS) is 18.8. The van der Waals surface area contributed by atoms with E-state index in [9.17, 15) is 4.79 Å². The summed E-state index contributed by atoms with van der Waals surface area (Å²) < 4.78 is 0.735. The van der Waals surface area contributed by atoms with E-state index >= 15 is 0 Å². The molecule has 98 valence electrons. The quantitative estimate of drug-likeness (QED) is 0.780. The van der Waals surface area contributed by atoms with Gasteiger partial charge in [-0.3, -0.25) is 4.79 Å². The molecule has 2 rings (SSSR count). The van der Waals surface area contributed by atoms with Gasteiger partial charge < -0.3 is 16.4 Å². The topological polar surface area (TPSA) is 67.2 Å². The van der Waals surface area contributed by atoms with Crippen molar-refractivity contribution < 1.29 is 4.79 Å². The number of halogens is 1. The van der Waals surface area contributed by atoms with E-state index in [2.05, 4.69) is 26.6 Å². The summed E-state index contributed by atoms with van der Waals surface area (Å²) in [6.07, 6.45) is 3.67. The molecule has 0 radical (unpaired) electrons. The zero-order valence-electron chi connectivity index (χ0n) is 10.2. The summed E-state index contributed by atoms with van der Waals surface area (Å²) in [6, 6.07) is 6.16. The largest absolute Gasteiger partial charge is 0.385 e. The molecule has 0 aliphatic carbocycles. The Morgan fingerprint density at radius 2 is 2.39 bits per heavy atom. The predicted molar refractivity (Wildman–Crippen MR) is 76.8 cm³/mol. The summed E-state index contributed by atoms with van der Waals surface area (Å²) in [5.74, 6) is -0.413. The monoisotopic (exact) mass is 311 g/mol. The van der Waals surface area contributed by atoms with Gasteiger partial charge in [0, 0.05) is 22.7 Å². The Bertz CT molecular complexity index is 430. The zero-order chi connectivity index (χ0) is 13.0. The standard InChI is InChI=1S/C13H18BrN3O/c14-12-8-10(3-4-11(12)13(15)18)17-7-5-9-2-1-6-16-9/h3-4,8-9,16-17H,1-2,5-7H2,(H2,15,18)/t9-/m0/s1. The average Bonchev–Trinajstić information content (AvgIpc) is 2.81. The van der Waals surface area contributed by atoms with E-state index in [1.807, 2.05) is 12.1 Å². The van der Waals surface area contributed by atoms with Crippen molar-refractivity contribution in [3.8, 4) is 0 Å². The lowest BCUT2D eigenvalue weighted by Gasteiger charge is -2.12. The molecule has 0 bridgehead atoms. The summed E-state index contributed by atoms with van der Waals surface area (Å²) in [5, 5.41) is 6.82. The maximum absolute atomic E-state index is 11.1. The molecule has 0 saturated carbocycles. The summed E-state index contributed by atoms with van der Waals surface area (Å²) in [6.45, 7) is 2.07. The smallest absolute Gasteiger partial charge is 0.249 e. The molecule has 1 saturated heterocycles. The van der Waals surface area contributed by atoms with Crippen LogP contribution >= 0.6 is 15.9 Å². The van der Waals surface area contributed by atoms with Crippen molar-refractivity contribution >= 4 is 27.5 Å². The lowest BCUT2D eigenvalue weighted by atomic mass is 10.1. The van der Waals surface area contributed by atoms with Gasteiger partial charge in [0.05, 0.1) is 5.56 Å². The van der Waals surface area contributed by atoms with Crippen LogP contribution in [0.2, 0.25) is 0 Å². The van der Waals surface area contributed by atoms with E-state index in [0.29, 0.717) is 11.6 Å². The van der Waals surface area contributed by atoms with Crippen molar-refractivity contribution in [1.82, 2.24) is 5.32 Å². The molecule has 0 spiro atoms. The number of amides is 1. The fourth-order valence-electron chi connectivity index (χ4n) is 2.22. The molecule has 1 fully saturated rings. The Morgan fingerprint density at radius 3 is 3.00 bits per heavy atom. The molecule has 1 aliphatic heterocycles. The molecule has 1 aromatic carbocycles. The second kappa shape index (κ2) is 6.20. The molecule has 1 amide bonds. The number of carbonyl (C=O) groups excluding carboxylic acids is 1. The summed E-state index contributed by atoms with van der Waals surface area (Å²) in [4.78, 5) is 11.1. The van der Waals surface area contributed by atoms with Crippen molar-refractivity contribution in [1.29, 1.82) is 0 Å². The molecule has 5 heteroatoms. The molecule has 1 aromatic rings. The van der Waals surface area contributed by atoms with E-state index in [4.69, 9.17) is 5.73 Å². The Kier molecular flexibility index (Phi) is 4.60. The maximum atomic E-state index is 11.1. The minimum absolute atomic E-state index is 0.413. The van der Waals surface area contributed by atoms with E-state index in [1.54, 1.807) is 6.07 Å². The van der Waals surface area contributed by atoms with Crippen LogP contribution in [-0.4, -0.2) is 25.0 Å². The second-order valence-electron chi connectivity index (χ2n) is 4.57. The highest BCUT2D eigenvalue weighted by Gasteiger charge is 2.13. The molecule has 4 N–H and O–H groups in total. The first-order valence-corrected chi connectivity index (χ1v) is 7.03. The van der Waals surface area contributed by atoms with Crippen molar-refractivity contribution in [3.63, 3.8) is 0 Å². The second-order valence-corrected chi connectivity index (χ2v) is 5.42. The number of hydrogen-bond donors (Lipinski definition) is 3. The third-order valence-electron chi connectivity index (χ3n) is 3.22. The Labute approximate surface area is 115 Å². The van der Waals surface area contributed by atoms with Gasteiger partial charge in [-0.25, -0.2) is 0 Å². The van der Waals surface area contributed by atoms with E-state index in [-0.39, 0.29) is 0 Å². The van der Waals surface area contributed by atoms with Crippen LogP contribution in [0.5, 0.6) is 0 Å². The van der Waals surface area contributed by atoms with Crippen LogP contribution in [0.15, 0.2) is 22.7 Å². The maximum Gasteiger partial charge on any atom is 0.249 e. The lowest BCUT2D eigenvalue weighted by molar-refractivity contribution is 0.0999. The molecule has 0 unspecified atom stereocenters. The molecule has 0 aromatic heterocycles. The molecular formula is C13H18BrN3O. The molecule has 18 heavy (non-hydrogen) atoms. The number of carbonyl (C=O) groups is 1. The van der Waals surface area contributed by atoms with Gasteiger partial charge in [-0.05, 0) is 59.9 Å². The third kappa shape index (κ3) is 3.46. The van der Waals surface area contributed by atoms with Gasteiger partial charge in [0.1, 0.15) is 0 Å². The number of rotatable bonds is 5. The van der Waals surface area contributed by atoms with Gasteiger partial charge in [-0.1, -0.05) is 0 Å². The summed E-state index contributed by atoms with van der Waals surface area (Å²) in [7, 11) is 0. The van der Waals surface area contributed by atoms with Crippen LogP contribution in [0.25, 0.3) is 0 Å². The van der Waals surface area contributed by atoms with Crippen LogP contribution in [0.4, 0.5) is 5.69 Å². The summed E-state index contributed by atoms with van der Waals surface area (Å²) >= 11 is 3.35.